The fraction of sp³-hybridized carbons (Fsp3) is 0.787. The van der Waals surface area contributed by atoms with Gasteiger partial charge in [0.1, 0.15) is 35.5 Å². The van der Waals surface area contributed by atoms with E-state index in [1.54, 1.807) is 20.8 Å². The number of aliphatic hydroxyl groups is 1. The van der Waals surface area contributed by atoms with Crippen molar-refractivity contribution < 1.29 is 61.5 Å². The number of amides is 10. The van der Waals surface area contributed by atoms with E-state index >= 15 is 0 Å². The number of nitrogens with zero attached hydrogens (tertiary/aromatic N) is 7. The minimum atomic E-state index is -4.63. The number of likely N-dealkylation sites (tertiary alicyclic amines) is 1. The highest BCUT2D eigenvalue weighted by atomic mass is 32.2. The number of hydrogen-bond acceptors (Lipinski definition) is 13. The van der Waals surface area contributed by atoms with E-state index in [1.165, 1.54) is 68.0 Å². The summed E-state index contributed by atoms with van der Waals surface area (Å²) >= 11 is 0. The summed E-state index contributed by atoms with van der Waals surface area (Å²) in [6.45, 7) is 11.1. The molecule has 2 aliphatic heterocycles. The first-order valence-electron chi connectivity index (χ1n) is 24.5. The number of carbonyl (C=O) groups excluding carboxylic acids is 10. The molecule has 0 radical (unpaired) electrons. The summed E-state index contributed by atoms with van der Waals surface area (Å²) < 4.78 is 29.1. The third kappa shape index (κ3) is 17.4. The zero-order chi connectivity index (χ0) is 54.4. The van der Waals surface area contributed by atoms with Crippen LogP contribution in [0.15, 0.2) is 0 Å². The Bertz CT molecular complexity index is 2050. The highest BCUT2D eigenvalue weighted by molar-refractivity contribution is 7.92. The van der Waals surface area contributed by atoms with Crippen molar-refractivity contribution in [1.29, 1.82) is 0 Å². The standard InChI is InChI=1S/C47H82N10O13S/c1-15-30(6)41-47(68)54(12)31(7)44(65)52(10)25-38(61)56(14)35(22-29(4)5)43(64)50-40(32(8)58)46(67)53(11)26-39(62)55(13)34(21-28(2)3)42(63)48-23-37(60)51(9)24-36(59)49-33(27-71(41,69)70)45(66)57-19-17-16-18-20-57/h28-35,40-41,58H,15-27H2,1-14H3,(H,48,63)(H,49,59)(H,50,64)/t30-,31?,32+,33?,34?,35?,40?,41?/m0/s1. The zero-order valence-electron chi connectivity index (χ0n) is 44.4. The Balaban J connectivity index is 2.72. The third-order valence-electron chi connectivity index (χ3n) is 13.3. The summed E-state index contributed by atoms with van der Waals surface area (Å²) in [5.41, 5.74) is 0. The van der Waals surface area contributed by atoms with E-state index in [2.05, 4.69) is 16.0 Å². The maximum absolute atomic E-state index is 14.5. The van der Waals surface area contributed by atoms with Crippen LogP contribution in [0, 0.1) is 17.8 Å². The van der Waals surface area contributed by atoms with Gasteiger partial charge >= 0.3 is 0 Å². The summed E-state index contributed by atoms with van der Waals surface area (Å²) in [5, 5.41) is 16.5. The summed E-state index contributed by atoms with van der Waals surface area (Å²) in [7, 11) is 3.13. The number of hydrogen-bond donors (Lipinski definition) is 4. The highest BCUT2D eigenvalue weighted by Crippen LogP contribution is 2.23. The highest BCUT2D eigenvalue weighted by Gasteiger charge is 2.44. The van der Waals surface area contributed by atoms with Crippen LogP contribution in [-0.4, -0.2) is 236 Å². The Morgan fingerprint density at radius 1 is 0.648 bits per heavy atom. The van der Waals surface area contributed by atoms with Crippen LogP contribution < -0.4 is 16.0 Å². The third-order valence-corrected chi connectivity index (χ3v) is 15.5. The molecule has 2 saturated heterocycles. The molecule has 23 nitrogen and oxygen atoms in total. The van der Waals surface area contributed by atoms with Gasteiger partial charge in [-0.2, -0.15) is 0 Å². The number of nitrogens with one attached hydrogen (secondary N) is 3. The Labute approximate surface area is 420 Å². The number of carbonyl (C=O) groups is 10. The molecule has 0 aromatic rings. The summed E-state index contributed by atoms with van der Waals surface area (Å²) in [6, 6.07) is -6.96. The first kappa shape index (κ1) is 61.7. The first-order chi connectivity index (χ1) is 32.9. The molecule has 0 bridgehead atoms. The SMILES string of the molecule is CC[C@H](C)C1C(=O)N(C)C(C)C(=O)N(C)CC(=O)N(C)C(CC(C)C)C(=O)NC([C@@H](C)O)C(=O)N(C)CC(=O)N(C)C(CC(C)C)C(=O)NCC(=O)N(C)CC(=O)NC(C(=O)N2CCCCC2)CS1(=O)=O. The van der Waals surface area contributed by atoms with Crippen LogP contribution in [0.2, 0.25) is 0 Å². The van der Waals surface area contributed by atoms with Crippen molar-refractivity contribution >= 4 is 68.9 Å². The molecule has 2 aliphatic rings. The van der Waals surface area contributed by atoms with Crippen molar-refractivity contribution in [2.24, 2.45) is 17.8 Å². The van der Waals surface area contributed by atoms with Gasteiger partial charge in [-0.1, -0.05) is 48.0 Å². The van der Waals surface area contributed by atoms with Gasteiger partial charge in [0.2, 0.25) is 59.1 Å². The molecule has 10 amide bonds. The van der Waals surface area contributed by atoms with Crippen molar-refractivity contribution in [2.75, 3.05) is 87.3 Å². The second-order valence-electron chi connectivity index (χ2n) is 20.1. The van der Waals surface area contributed by atoms with E-state index in [4.69, 9.17) is 0 Å². The van der Waals surface area contributed by atoms with Gasteiger partial charge < -0.3 is 55.4 Å². The Hall–Kier alpha value is -5.39. The van der Waals surface area contributed by atoms with Gasteiger partial charge in [0.25, 0.3) is 0 Å². The quantitative estimate of drug-likeness (QED) is 0.211. The van der Waals surface area contributed by atoms with Gasteiger partial charge in [-0.15, -0.1) is 0 Å². The number of piperidine rings is 1. The maximum atomic E-state index is 14.5. The Kier molecular flexibility index (Phi) is 23.9. The van der Waals surface area contributed by atoms with Gasteiger partial charge in [-0.25, -0.2) is 8.42 Å². The average Bonchev–Trinajstić information content (AvgIpc) is 3.30. The van der Waals surface area contributed by atoms with Crippen LogP contribution in [0.25, 0.3) is 0 Å². The molecule has 8 atom stereocenters. The number of likely N-dealkylation sites (N-methyl/N-ethyl adjacent to an activating group) is 6. The zero-order valence-corrected chi connectivity index (χ0v) is 45.2. The molecule has 404 valence electrons. The molecule has 6 unspecified atom stereocenters. The fourth-order valence-electron chi connectivity index (χ4n) is 8.43. The molecule has 2 rings (SSSR count). The van der Waals surface area contributed by atoms with Gasteiger partial charge in [0.05, 0.1) is 38.0 Å². The van der Waals surface area contributed by atoms with Crippen LogP contribution >= 0.6 is 0 Å². The minimum absolute atomic E-state index is 0.0834. The number of aliphatic hydroxyl groups excluding tert-OH is 1. The number of rotatable bonds is 8. The van der Waals surface area contributed by atoms with Crippen LogP contribution in [0.5, 0.6) is 0 Å². The molecule has 0 saturated carbocycles. The number of sulfone groups is 1. The molecule has 2 fully saturated rings. The van der Waals surface area contributed by atoms with E-state index in [-0.39, 0.29) is 31.1 Å². The Morgan fingerprint density at radius 3 is 1.62 bits per heavy atom. The van der Waals surface area contributed by atoms with E-state index in [9.17, 15) is 61.5 Å². The van der Waals surface area contributed by atoms with Gasteiger partial charge in [-0.05, 0) is 63.7 Å². The normalized spacial score (nSPS) is 26.7. The molecule has 71 heavy (non-hydrogen) atoms. The molecule has 0 spiro atoms. The van der Waals surface area contributed by atoms with Crippen LogP contribution in [0.3, 0.4) is 0 Å². The smallest absolute Gasteiger partial charge is 0.248 e. The van der Waals surface area contributed by atoms with Gasteiger partial charge in [0.15, 0.2) is 9.84 Å². The molecule has 0 aromatic carbocycles. The Morgan fingerprint density at radius 2 is 1.14 bits per heavy atom. The average molecular weight is 1030 g/mol. The summed E-state index contributed by atoms with van der Waals surface area (Å²) in [4.78, 5) is 146. The van der Waals surface area contributed by atoms with E-state index < -0.39 is 148 Å². The first-order valence-corrected chi connectivity index (χ1v) is 26.2. The lowest BCUT2D eigenvalue weighted by Gasteiger charge is -2.35. The molecule has 2 heterocycles. The van der Waals surface area contributed by atoms with Crippen molar-refractivity contribution in [3.05, 3.63) is 0 Å². The minimum Gasteiger partial charge on any atom is -0.391 e. The molecular weight excluding hydrogens is 945 g/mol. The second kappa shape index (κ2) is 27.4. The lowest BCUT2D eigenvalue weighted by atomic mass is 10.0. The largest absolute Gasteiger partial charge is 0.391 e. The molecule has 4 N–H and O–H groups in total. The fourth-order valence-corrected chi connectivity index (χ4v) is 10.7. The second-order valence-corrected chi connectivity index (χ2v) is 22.3. The van der Waals surface area contributed by atoms with Crippen LogP contribution in [-0.2, 0) is 57.8 Å². The molecular formula is C47H82N10O13S. The van der Waals surface area contributed by atoms with Crippen LogP contribution in [0.4, 0.5) is 0 Å². The van der Waals surface area contributed by atoms with Crippen molar-refractivity contribution in [3.8, 4) is 0 Å². The maximum Gasteiger partial charge on any atom is 0.248 e. The predicted molar refractivity (Wildman–Crippen MR) is 263 cm³/mol. The monoisotopic (exact) mass is 1030 g/mol. The van der Waals surface area contributed by atoms with Gasteiger partial charge in [-0.3, -0.25) is 47.9 Å². The van der Waals surface area contributed by atoms with E-state index in [0.717, 1.165) is 35.8 Å². The van der Waals surface area contributed by atoms with Crippen molar-refractivity contribution in [2.45, 2.75) is 135 Å². The summed E-state index contributed by atoms with van der Waals surface area (Å²) in [5.74, 6) is -10.0. The summed E-state index contributed by atoms with van der Waals surface area (Å²) in [6.07, 6.45) is 1.03. The molecule has 24 heteroatoms. The van der Waals surface area contributed by atoms with Crippen molar-refractivity contribution in [3.63, 3.8) is 0 Å². The van der Waals surface area contributed by atoms with E-state index in [0.29, 0.717) is 25.9 Å². The topological polar surface area (TPSA) is 284 Å². The molecule has 0 aromatic heterocycles. The van der Waals surface area contributed by atoms with Crippen LogP contribution in [0.1, 0.15) is 93.9 Å². The van der Waals surface area contributed by atoms with Crippen molar-refractivity contribution in [1.82, 2.24) is 50.2 Å². The lowest BCUT2D eigenvalue weighted by Crippen LogP contribution is -2.59. The molecule has 0 aliphatic carbocycles. The predicted octanol–water partition coefficient (Wildman–Crippen LogP) is -1.72. The van der Waals surface area contributed by atoms with E-state index in [1.807, 2.05) is 13.8 Å². The van der Waals surface area contributed by atoms with Gasteiger partial charge in [0, 0.05) is 55.4 Å². The lowest BCUT2D eigenvalue weighted by molar-refractivity contribution is -0.148.